The number of likely N-dealkylation sites (N-methyl/N-ethyl adjacent to an activating group) is 1. The first-order chi connectivity index (χ1) is 16.6. The van der Waals surface area contributed by atoms with Crippen LogP contribution in [-0.4, -0.2) is 18.9 Å². The number of nitrogens with zero attached hydrogens (tertiary/aromatic N) is 2. The van der Waals surface area contributed by atoms with Crippen LogP contribution in [-0.2, 0) is 27.6 Å². The summed E-state index contributed by atoms with van der Waals surface area (Å²) in [5, 5.41) is 0. The number of benzene rings is 3. The summed E-state index contributed by atoms with van der Waals surface area (Å²) in [7, 11) is 1.49. The number of nitrogens with two attached hydrogens (primary N) is 1. The average molecular weight is 482 g/mol. The van der Waals surface area contributed by atoms with Gasteiger partial charge in [0.05, 0.1) is 16.9 Å². The number of fused-ring (bicyclic) bond motifs is 3. The highest BCUT2D eigenvalue weighted by Crippen LogP contribution is 2.50. The Morgan fingerprint density at radius 2 is 1.57 bits per heavy atom. The summed E-state index contributed by atoms with van der Waals surface area (Å²) < 4.78 is 40.8. The molecule has 182 valence electrons. The van der Waals surface area contributed by atoms with Gasteiger partial charge < -0.3 is 10.6 Å². The zero-order valence-electron chi connectivity index (χ0n) is 19.7. The minimum absolute atomic E-state index is 0.0117. The van der Waals surface area contributed by atoms with Gasteiger partial charge in [0.1, 0.15) is 0 Å². The summed E-state index contributed by atoms with van der Waals surface area (Å²) in [5.41, 5.74) is 5.94. The van der Waals surface area contributed by atoms with Crippen LogP contribution in [0.2, 0.25) is 0 Å². The van der Waals surface area contributed by atoms with Crippen molar-refractivity contribution in [2.45, 2.75) is 38.3 Å². The highest BCUT2D eigenvalue weighted by Gasteiger charge is 2.57. The highest BCUT2D eigenvalue weighted by atomic mass is 19.4. The molecule has 0 fully saturated rings. The molecular formula is C27H26F3N3O2. The maximum absolute atomic E-state index is 14.3. The van der Waals surface area contributed by atoms with Gasteiger partial charge in [-0.2, -0.15) is 13.2 Å². The molecule has 0 bridgehead atoms. The van der Waals surface area contributed by atoms with Crippen molar-refractivity contribution in [3.63, 3.8) is 0 Å². The standard InChI is InChI=1S/C25H20F3N3O2.C2H6/c1-30-20-10-7-16(25(26,27)28)14-21(20)31(18-5-3-2-4-6-18)23(33)24(22(30)32)12-11-15-13-17(29)8-9-19(15)24;1-2/h2-10,13-14H,11-12,29H2,1H3;1-2H3. The first-order valence-corrected chi connectivity index (χ1v) is 11.4. The second kappa shape index (κ2) is 8.76. The number of carbonyl (C=O) groups excluding carboxylic acids is 2. The molecule has 5 rings (SSSR count). The number of nitrogen functional groups attached to an aromatic ring is 1. The summed E-state index contributed by atoms with van der Waals surface area (Å²) in [6.07, 6.45) is -3.94. The van der Waals surface area contributed by atoms with Crippen LogP contribution in [0, 0.1) is 0 Å². The second-order valence-corrected chi connectivity index (χ2v) is 8.36. The van der Waals surface area contributed by atoms with Gasteiger partial charge >= 0.3 is 6.18 Å². The van der Waals surface area contributed by atoms with E-state index in [0.29, 0.717) is 23.4 Å². The van der Waals surface area contributed by atoms with Crippen LogP contribution in [0.5, 0.6) is 0 Å². The van der Waals surface area contributed by atoms with Crippen molar-refractivity contribution < 1.29 is 22.8 Å². The number of amides is 2. The minimum atomic E-state index is -4.61. The van der Waals surface area contributed by atoms with Crippen LogP contribution in [0.3, 0.4) is 0 Å². The van der Waals surface area contributed by atoms with Gasteiger partial charge in [0.2, 0.25) is 5.91 Å². The van der Waals surface area contributed by atoms with Crippen molar-refractivity contribution in [3.05, 3.63) is 83.4 Å². The number of rotatable bonds is 1. The van der Waals surface area contributed by atoms with Crippen LogP contribution in [0.15, 0.2) is 66.7 Å². The fourth-order valence-corrected chi connectivity index (χ4v) is 4.92. The fraction of sp³-hybridized carbons (Fsp3) is 0.259. The Kier molecular flexibility index (Phi) is 6.09. The quantitative estimate of drug-likeness (QED) is 0.351. The van der Waals surface area contributed by atoms with Gasteiger partial charge in [-0.1, -0.05) is 38.1 Å². The van der Waals surface area contributed by atoms with Crippen LogP contribution in [0.4, 0.5) is 35.9 Å². The number of hydrogen-bond acceptors (Lipinski definition) is 3. The van der Waals surface area contributed by atoms with E-state index >= 15 is 0 Å². The Labute approximate surface area is 202 Å². The monoisotopic (exact) mass is 481 g/mol. The number of anilines is 4. The fourth-order valence-electron chi connectivity index (χ4n) is 4.92. The first kappa shape index (κ1) is 24.3. The third-order valence-electron chi connectivity index (χ3n) is 6.52. The van der Waals surface area contributed by atoms with E-state index in [2.05, 4.69) is 0 Å². The average Bonchev–Trinajstić information content (AvgIpc) is 3.21. The molecule has 1 aliphatic carbocycles. The molecule has 8 heteroatoms. The van der Waals surface area contributed by atoms with Crippen molar-refractivity contribution in [2.75, 3.05) is 22.6 Å². The smallest absolute Gasteiger partial charge is 0.399 e. The lowest BCUT2D eigenvalue weighted by molar-refractivity contribution is -0.138. The van der Waals surface area contributed by atoms with E-state index in [9.17, 15) is 22.8 Å². The Morgan fingerprint density at radius 3 is 2.23 bits per heavy atom. The van der Waals surface area contributed by atoms with Gasteiger partial charge in [-0.05, 0) is 66.4 Å². The molecule has 5 nitrogen and oxygen atoms in total. The van der Waals surface area contributed by atoms with Crippen molar-refractivity contribution in [3.8, 4) is 0 Å². The molecular weight excluding hydrogens is 455 g/mol. The molecule has 2 amide bonds. The summed E-state index contributed by atoms with van der Waals surface area (Å²) in [6.45, 7) is 4.00. The van der Waals surface area contributed by atoms with Crippen molar-refractivity contribution in [1.82, 2.24) is 0 Å². The van der Waals surface area contributed by atoms with Crippen molar-refractivity contribution >= 4 is 34.6 Å². The third-order valence-corrected chi connectivity index (χ3v) is 6.52. The summed E-state index contributed by atoms with van der Waals surface area (Å²) in [5.74, 6) is -1.05. The van der Waals surface area contributed by atoms with E-state index in [1.54, 1.807) is 48.5 Å². The zero-order chi connectivity index (χ0) is 25.5. The minimum Gasteiger partial charge on any atom is -0.399 e. The Balaban J connectivity index is 0.00000141. The van der Waals surface area contributed by atoms with E-state index in [0.717, 1.165) is 17.7 Å². The molecule has 1 aliphatic heterocycles. The summed E-state index contributed by atoms with van der Waals surface area (Å²) in [6, 6.07) is 16.6. The van der Waals surface area contributed by atoms with Gasteiger partial charge in [-0.15, -0.1) is 0 Å². The molecule has 1 atom stereocenters. The van der Waals surface area contributed by atoms with Crippen LogP contribution < -0.4 is 15.5 Å². The molecule has 1 spiro atoms. The summed E-state index contributed by atoms with van der Waals surface area (Å²) >= 11 is 0. The van der Waals surface area contributed by atoms with Gasteiger partial charge in [0.25, 0.3) is 5.91 Å². The van der Waals surface area contributed by atoms with Gasteiger partial charge in [-0.25, -0.2) is 0 Å². The molecule has 3 aromatic rings. The lowest BCUT2D eigenvalue weighted by Gasteiger charge is -2.32. The van der Waals surface area contributed by atoms with E-state index < -0.39 is 29.0 Å². The van der Waals surface area contributed by atoms with Gasteiger partial charge in [0.15, 0.2) is 5.41 Å². The third kappa shape index (κ3) is 3.73. The van der Waals surface area contributed by atoms with Crippen LogP contribution in [0.1, 0.15) is 37.0 Å². The predicted molar refractivity (Wildman–Crippen MR) is 131 cm³/mol. The Bertz CT molecular complexity index is 1290. The molecule has 2 N–H and O–H groups in total. The molecule has 2 aliphatic rings. The molecule has 0 radical (unpaired) electrons. The molecule has 0 saturated carbocycles. The van der Waals surface area contributed by atoms with Gasteiger partial charge in [-0.3, -0.25) is 14.5 Å². The number of para-hydroxylation sites is 1. The molecule has 35 heavy (non-hydrogen) atoms. The molecule has 1 unspecified atom stereocenters. The topological polar surface area (TPSA) is 66.6 Å². The van der Waals surface area contributed by atoms with Crippen LogP contribution >= 0.6 is 0 Å². The van der Waals surface area contributed by atoms with E-state index in [-0.39, 0.29) is 17.8 Å². The number of hydrogen-bond donors (Lipinski definition) is 1. The lowest BCUT2D eigenvalue weighted by Crippen LogP contribution is -2.52. The maximum Gasteiger partial charge on any atom is 0.416 e. The molecule has 0 saturated heterocycles. The van der Waals surface area contributed by atoms with Crippen molar-refractivity contribution in [2.24, 2.45) is 0 Å². The van der Waals surface area contributed by atoms with E-state index in [1.165, 1.54) is 22.9 Å². The number of halogens is 3. The zero-order valence-corrected chi connectivity index (χ0v) is 19.7. The summed E-state index contributed by atoms with van der Waals surface area (Å²) in [4.78, 5) is 30.7. The highest BCUT2D eigenvalue weighted by molar-refractivity contribution is 6.27. The number of carbonyl (C=O) groups is 2. The largest absolute Gasteiger partial charge is 0.416 e. The molecule has 3 aromatic carbocycles. The second-order valence-electron chi connectivity index (χ2n) is 8.36. The Hall–Kier alpha value is -3.81. The molecule has 0 aromatic heterocycles. The van der Waals surface area contributed by atoms with Crippen LogP contribution in [0.25, 0.3) is 0 Å². The Morgan fingerprint density at radius 1 is 0.886 bits per heavy atom. The SMILES string of the molecule is CC.CN1C(=O)C2(CCc3cc(N)ccc32)C(=O)N(c2ccccc2)c2cc(C(F)(F)F)ccc21. The first-order valence-electron chi connectivity index (χ1n) is 11.4. The van der Waals surface area contributed by atoms with E-state index in [1.807, 2.05) is 13.8 Å². The number of alkyl halides is 3. The van der Waals surface area contributed by atoms with E-state index in [4.69, 9.17) is 5.73 Å². The maximum atomic E-state index is 14.3. The van der Waals surface area contributed by atoms with Crippen molar-refractivity contribution in [1.29, 1.82) is 0 Å². The normalized spacial score (nSPS) is 19.1. The lowest BCUT2D eigenvalue weighted by atomic mass is 9.79. The number of aryl methyl sites for hydroxylation is 1. The molecule has 1 heterocycles. The predicted octanol–water partition coefficient (Wildman–Crippen LogP) is 5.84. The van der Waals surface area contributed by atoms with Gasteiger partial charge in [0, 0.05) is 18.4 Å².